The molecule has 16 heavy (non-hydrogen) atoms. The lowest BCUT2D eigenvalue weighted by atomic mass is 10.2. The minimum Gasteiger partial charge on any atom is -0.395 e. The van der Waals surface area contributed by atoms with Gasteiger partial charge in [0.2, 0.25) is 0 Å². The predicted octanol–water partition coefficient (Wildman–Crippen LogP) is 0.978. The molecular formula is C12H23N3O. The molecule has 4 nitrogen and oxygen atoms in total. The summed E-state index contributed by atoms with van der Waals surface area (Å²) in [6.45, 7) is 5.32. The summed E-state index contributed by atoms with van der Waals surface area (Å²) in [5, 5.41) is 16.7. The van der Waals surface area contributed by atoms with Gasteiger partial charge in [-0.25, -0.2) is 0 Å². The lowest BCUT2D eigenvalue weighted by Crippen LogP contribution is -2.30. The molecule has 1 aromatic heterocycles. The Morgan fingerprint density at radius 2 is 2.19 bits per heavy atom. The van der Waals surface area contributed by atoms with Crippen LogP contribution in [0.25, 0.3) is 0 Å². The van der Waals surface area contributed by atoms with Gasteiger partial charge in [0.05, 0.1) is 12.3 Å². The molecule has 1 aromatic rings. The van der Waals surface area contributed by atoms with Crippen molar-refractivity contribution in [3.63, 3.8) is 0 Å². The Balaban J connectivity index is 2.61. The lowest BCUT2D eigenvalue weighted by Gasteiger charge is -2.13. The van der Waals surface area contributed by atoms with Crippen molar-refractivity contribution >= 4 is 0 Å². The van der Waals surface area contributed by atoms with Gasteiger partial charge in [0, 0.05) is 18.3 Å². The van der Waals surface area contributed by atoms with Crippen molar-refractivity contribution in [1.29, 1.82) is 0 Å². The van der Waals surface area contributed by atoms with Gasteiger partial charge in [0.15, 0.2) is 0 Å². The van der Waals surface area contributed by atoms with Gasteiger partial charge in [-0.1, -0.05) is 13.8 Å². The van der Waals surface area contributed by atoms with Crippen LogP contribution < -0.4 is 5.32 Å². The summed E-state index contributed by atoms with van der Waals surface area (Å²) in [4.78, 5) is 0. The van der Waals surface area contributed by atoms with Crippen LogP contribution in [-0.4, -0.2) is 34.6 Å². The summed E-state index contributed by atoms with van der Waals surface area (Å²) in [6, 6.07) is 2.34. The number of aliphatic hydroxyl groups is 1. The van der Waals surface area contributed by atoms with Crippen molar-refractivity contribution < 1.29 is 5.11 Å². The van der Waals surface area contributed by atoms with E-state index >= 15 is 0 Å². The van der Waals surface area contributed by atoms with Gasteiger partial charge in [-0.05, 0) is 32.4 Å². The highest BCUT2D eigenvalue weighted by atomic mass is 16.3. The van der Waals surface area contributed by atoms with E-state index in [0.717, 1.165) is 31.5 Å². The van der Waals surface area contributed by atoms with E-state index in [-0.39, 0.29) is 12.6 Å². The van der Waals surface area contributed by atoms with Crippen molar-refractivity contribution in [2.24, 2.45) is 0 Å². The summed E-state index contributed by atoms with van der Waals surface area (Å²) < 4.78 is 2.07. The van der Waals surface area contributed by atoms with Crippen LogP contribution in [0.2, 0.25) is 0 Å². The van der Waals surface area contributed by atoms with E-state index in [0.29, 0.717) is 0 Å². The molecule has 1 rings (SSSR count). The molecule has 0 aliphatic carbocycles. The van der Waals surface area contributed by atoms with E-state index < -0.39 is 0 Å². The summed E-state index contributed by atoms with van der Waals surface area (Å²) >= 11 is 0. The summed E-state index contributed by atoms with van der Waals surface area (Å²) in [7, 11) is 1.88. The zero-order chi connectivity index (χ0) is 12.0. The highest BCUT2D eigenvalue weighted by Gasteiger charge is 2.08. The van der Waals surface area contributed by atoms with Gasteiger partial charge in [-0.15, -0.1) is 0 Å². The van der Waals surface area contributed by atoms with Gasteiger partial charge in [-0.2, -0.15) is 5.10 Å². The second kappa shape index (κ2) is 6.66. The summed E-state index contributed by atoms with van der Waals surface area (Å²) in [5.41, 5.74) is 2.44. The Kier molecular flexibility index (Phi) is 5.49. The van der Waals surface area contributed by atoms with Crippen molar-refractivity contribution in [3.8, 4) is 0 Å². The molecule has 92 valence electrons. The minimum atomic E-state index is 0.166. The third-order valence-electron chi connectivity index (χ3n) is 2.96. The number of aryl methyl sites for hydroxylation is 3. The molecule has 0 aromatic carbocycles. The predicted molar refractivity (Wildman–Crippen MR) is 65.5 cm³/mol. The summed E-state index contributed by atoms with van der Waals surface area (Å²) in [6.07, 6.45) is 2.90. The minimum absolute atomic E-state index is 0.166. The first-order valence-electron chi connectivity index (χ1n) is 6.08. The van der Waals surface area contributed by atoms with Crippen molar-refractivity contribution in [3.05, 3.63) is 17.5 Å². The number of hydrogen-bond donors (Lipinski definition) is 2. The number of aliphatic hydroxyl groups excluding tert-OH is 1. The van der Waals surface area contributed by atoms with Gasteiger partial charge in [0.25, 0.3) is 0 Å². The maximum Gasteiger partial charge on any atom is 0.0624 e. The van der Waals surface area contributed by atoms with Crippen LogP contribution in [0.3, 0.4) is 0 Å². The van der Waals surface area contributed by atoms with E-state index in [9.17, 15) is 0 Å². The van der Waals surface area contributed by atoms with Crippen LogP contribution >= 0.6 is 0 Å². The first-order chi connectivity index (χ1) is 7.74. The van der Waals surface area contributed by atoms with Gasteiger partial charge < -0.3 is 10.4 Å². The molecule has 0 aliphatic heterocycles. The Morgan fingerprint density at radius 1 is 1.44 bits per heavy atom. The fourth-order valence-electron chi connectivity index (χ4n) is 1.77. The van der Waals surface area contributed by atoms with E-state index in [4.69, 9.17) is 5.11 Å². The Bertz CT molecular complexity index is 305. The standard InChI is InChI=1S/C12H23N3O/c1-4-10-8-12(5-2)15(14-10)7-6-11(9-16)13-3/h8,11,13,16H,4-7,9H2,1-3H3. The van der Waals surface area contributed by atoms with E-state index in [1.54, 1.807) is 0 Å². The smallest absolute Gasteiger partial charge is 0.0624 e. The van der Waals surface area contributed by atoms with Crippen LogP contribution in [0.5, 0.6) is 0 Å². The largest absolute Gasteiger partial charge is 0.395 e. The lowest BCUT2D eigenvalue weighted by molar-refractivity contribution is 0.236. The molecule has 0 amide bonds. The second-order valence-electron chi connectivity index (χ2n) is 4.01. The quantitative estimate of drug-likeness (QED) is 0.727. The van der Waals surface area contributed by atoms with Crippen LogP contribution in [0.1, 0.15) is 31.7 Å². The molecule has 0 saturated carbocycles. The average Bonchev–Trinajstić information content (AvgIpc) is 2.73. The molecule has 0 radical (unpaired) electrons. The monoisotopic (exact) mass is 225 g/mol. The van der Waals surface area contributed by atoms with Gasteiger partial charge >= 0.3 is 0 Å². The highest BCUT2D eigenvalue weighted by Crippen LogP contribution is 2.07. The van der Waals surface area contributed by atoms with Crippen LogP contribution in [0, 0.1) is 0 Å². The number of nitrogens with zero attached hydrogens (tertiary/aromatic N) is 2. The molecule has 0 saturated heterocycles. The SMILES string of the molecule is CCc1cc(CC)n(CCC(CO)NC)n1. The molecule has 0 aliphatic rings. The first kappa shape index (κ1) is 13.2. The van der Waals surface area contributed by atoms with Crippen molar-refractivity contribution in [2.75, 3.05) is 13.7 Å². The molecule has 2 N–H and O–H groups in total. The fraction of sp³-hybridized carbons (Fsp3) is 0.750. The fourth-order valence-corrected chi connectivity index (χ4v) is 1.77. The third-order valence-corrected chi connectivity index (χ3v) is 2.96. The van der Waals surface area contributed by atoms with Gasteiger partial charge in [0.1, 0.15) is 0 Å². The number of rotatable bonds is 7. The molecule has 1 heterocycles. The number of hydrogen-bond acceptors (Lipinski definition) is 3. The third kappa shape index (κ3) is 3.32. The summed E-state index contributed by atoms with van der Waals surface area (Å²) in [5.74, 6) is 0. The normalized spacial score (nSPS) is 13.0. The highest BCUT2D eigenvalue weighted by molar-refractivity contribution is 5.10. The Labute approximate surface area is 97.7 Å². The Hall–Kier alpha value is -0.870. The second-order valence-corrected chi connectivity index (χ2v) is 4.01. The molecule has 0 spiro atoms. The number of nitrogens with one attached hydrogen (secondary N) is 1. The maximum atomic E-state index is 9.09. The van der Waals surface area contributed by atoms with Crippen molar-refractivity contribution in [2.45, 2.75) is 45.7 Å². The number of aromatic nitrogens is 2. The zero-order valence-electron chi connectivity index (χ0n) is 10.5. The van der Waals surface area contributed by atoms with Gasteiger partial charge in [-0.3, -0.25) is 4.68 Å². The molecule has 1 atom stereocenters. The van der Waals surface area contributed by atoms with Crippen LogP contribution in [0.4, 0.5) is 0 Å². The van der Waals surface area contributed by atoms with E-state index in [2.05, 4.69) is 35.0 Å². The maximum absolute atomic E-state index is 9.09. The first-order valence-corrected chi connectivity index (χ1v) is 6.08. The molecule has 1 unspecified atom stereocenters. The van der Waals surface area contributed by atoms with Crippen molar-refractivity contribution in [1.82, 2.24) is 15.1 Å². The number of likely N-dealkylation sites (N-methyl/N-ethyl adjacent to an activating group) is 1. The van der Waals surface area contributed by atoms with Crippen LogP contribution in [0.15, 0.2) is 6.07 Å². The average molecular weight is 225 g/mol. The molecule has 0 bridgehead atoms. The Morgan fingerprint density at radius 3 is 2.69 bits per heavy atom. The molecule has 0 fully saturated rings. The van der Waals surface area contributed by atoms with E-state index in [1.165, 1.54) is 5.69 Å². The van der Waals surface area contributed by atoms with E-state index in [1.807, 2.05) is 7.05 Å². The molecule has 4 heteroatoms. The topological polar surface area (TPSA) is 50.1 Å². The zero-order valence-corrected chi connectivity index (χ0v) is 10.5. The molecular weight excluding hydrogens is 202 g/mol. The van der Waals surface area contributed by atoms with Crippen LogP contribution in [-0.2, 0) is 19.4 Å².